The molecule has 1 saturated carbocycles. The Morgan fingerprint density at radius 3 is 2.69 bits per heavy atom. The van der Waals surface area contributed by atoms with Crippen LogP contribution in [0.15, 0.2) is 0 Å². The van der Waals surface area contributed by atoms with E-state index in [1.165, 1.54) is 11.3 Å². The number of nitrogen functional groups attached to an aromatic ring is 1. The Balaban J connectivity index is 1.61. The van der Waals surface area contributed by atoms with Crippen molar-refractivity contribution in [2.24, 2.45) is 11.8 Å². The van der Waals surface area contributed by atoms with E-state index in [4.69, 9.17) is 10.8 Å². The van der Waals surface area contributed by atoms with E-state index in [1.807, 2.05) is 0 Å². The lowest BCUT2D eigenvalue weighted by atomic mass is 10.4. The van der Waals surface area contributed by atoms with E-state index in [1.54, 1.807) is 0 Å². The molecule has 3 rings (SSSR count). The van der Waals surface area contributed by atoms with Crippen molar-refractivity contribution in [1.82, 2.24) is 15.5 Å². The summed E-state index contributed by atoms with van der Waals surface area (Å²) in [6, 6.07) is 0.124. The number of anilines is 2. The van der Waals surface area contributed by atoms with E-state index < -0.39 is 6.09 Å². The smallest absolute Gasteiger partial charge is 0.404 e. The van der Waals surface area contributed by atoms with Gasteiger partial charge < -0.3 is 21.1 Å². The predicted octanol–water partition coefficient (Wildman–Crippen LogP) is -0.178. The number of hydrogen-bond donors (Lipinski definition) is 3. The highest BCUT2D eigenvalue weighted by atomic mass is 32.1. The molecule has 7 nitrogen and oxygen atoms in total. The monoisotopic (exact) mass is 241 g/mol. The van der Waals surface area contributed by atoms with Crippen molar-refractivity contribution in [3.05, 3.63) is 0 Å². The summed E-state index contributed by atoms with van der Waals surface area (Å²) in [5.41, 5.74) is 5.51. The zero-order valence-electron chi connectivity index (χ0n) is 8.33. The summed E-state index contributed by atoms with van der Waals surface area (Å²) in [5, 5.41) is 20.2. The summed E-state index contributed by atoms with van der Waals surface area (Å²) in [4.78, 5) is 12.6. The van der Waals surface area contributed by atoms with Crippen molar-refractivity contribution in [2.75, 3.05) is 23.7 Å². The molecule has 16 heavy (non-hydrogen) atoms. The maximum atomic E-state index is 10.5. The molecule has 1 aliphatic carbocycles. The van der Waals surface area contributed by atoms with Crippen molar-refractivity contribution in [3.8, 4) is 0 Å². The summed E-state index contributed by atoms with van der Waals surface area (Å²) >= 11 is 1.37. The molecule has 1 saturated heterocycles. The van der Waals surface area contributed by atoms with Gasteiger partial charge in [0.05, 0.1) is 0 Å². The topological polar surface area (TPSA) is 104 Å². The molecule has 2 aliphatic rings. The van der Waals surface area contributed by atoms with Gasteiger partial charge in [-0.15, -0.1) is 10.2 Å². The number of aromatic nitrogens is 2. The Bertz CT molecular complexity index is 424. The van der Waals surface area contributed by atoms with Gasteiger partial charge in [-0.1, -0.05) is 11.3 Å². The minimum atomic E-state index is -0.939. The van der Waals surface area contributed by atoms with Crippen LogP contribution in [0.25, 0.3) is 0 Å². The van der Waals surface area contributed by atoms with Crippen LogP contribution in [-0.2, 0) is 0 Å². The van der Waals surface area contributed by atoms with Crippen LogP contribution < -0.4 is 16.0 Å². The minimum absolute atomic E-state index is 0.124. The molecule has 4 N–H and O–H groups in total. The second-order valence-corrected chi connectivity index (χ2v) is 5.12. The molecule has 1 amide bonds. The first kappa shape index (κ1) is 9.64. The maximum Gasteiger partial charge on any atom is 0.404 e. The van der Waals surface area contributed by atoms with E-state index >= 15 is 0 Å². The Kier molecular flexibility index (Phi) is 1.93. The quantitative estimate of drug-likeness (QED) is 0.663. The number of piperidine rings is 1. The minimum Gasteiger partial charge on any atom is -0.465 e. The summed E-state index contributed by atoms with van der Waals surface area (Å²) < 4.78 is 0. The number of hydrogen-bond acceptors (Lipinski definition) is 6. The fourth-order valence-corrected chi connectivity index (χ4v) is 3.02. The first-order chi connectivity index (χ1) is 7.65. The van der Waals surface area contributed by atoms with Gasteiger partial charge in [0.25, 0.3) is 0 Å². The van der Waals surface area contributed by atoms with Crippen molar-refractivity contribution >= 4 is 27.7 Å². The van der Waals surface area contributed by atoms with Gasteiger partial charge in [-0.05, 0) is 0 Å². The molecule has 2 heterocycles. The summed E-state index contributed by atoms with van der Waals surface area (Å²) in [7, 11) is 0. The first-order valence-corrected chi connectivity index (χ1v) is 5.80. The van der Waals surface area contributed by atoms with Crippen LogP contribution in [0.5, 0.6) is 0 Å². The number of nitrogens with two attached hydrogens (primary N) is 1. The van der Waals surface area contributed by atoms with Gasteiger partial charge in [-0.3, -0.25) is 0 Å². The lowest BCUT2D eigenvalue weighted by Gasteiger charge is -2.17. The first-order valence-electron chi connectivity index (χ1n) is 4.98. The lowest BCUT2D eigenvalue weighted by Crippen LogP contribution is -2.33. The molecular formula is C8H11N5O2S. The maximum absolute atomic E-state index is 10.5. The highest BCUT2D eigenvalue weighted by Gasteiger charge is 2.57. The summed E-state index contributed by atoms with van der Waals surface area (Å²) in [6.07, 6.45) is -0.939. The van der Waals surface area contributed by atoms with Crippen molar-refractivity contribution in [2.45, 2.75) is 6.04 Å². The van der Waals surface area contributed by atoms with Gasteiger partial charge >= 0.3 is 6.09 Å². The standard InChI is InChI=1S/C8H11N5O2S/c9-6-11-12-7(16-6)13-1-3-4(2-13)5(3)10-8(14)15/h3-5,10H,1-2H2,(H2,9,11)(H,14,15)/t3-,4+,5?. The number of nitrogens with one attached hydrogen (secondary N) is 1. The second kappa shape index (κ2) is 3.21. The van der Waals surface area contributed by atoms with Crippen LogP contribution in [0.2, 0.25) is 0 Å². The normalized spacial score (nSPS) is 31.2. The number of amides is 1. The van der Waals surface area contributed by atoms with Crippen LogP contribution in [0.1, 0.15) is 0 Å². The molecule has 0 spiro atoms. The molecular weight excluding hydrogens is 230 g/mol. The molecule has 8 heteroatoms. The molecule has 2 fully saturated rings. The Labute approximate surface area is 95.3 Å². The fourth-order valence-electron chi connectivity index (χ4n) is 2.39. The molecule has 1 aromatic rings. The van der Waals surface area contributed by atoms with Crippen LogP contribution >= 0.6 is 11.3 Å². The fraction of sp³-hybridized carbons (Fsp3) is 0.625. The number of nitrogens with zero attached hydrogens (tertiary/aromatic N) is 3. The molecule has 3 atom stereocenters. The number of rotatable bonds is 2. The van der Waals surface area contributed by atoms with Gasteiger partial charge in [-0.25, -0.2) is 4.79 Å². The zero-order chi connectivity index (χ0) is 11.3. The molecule has 1 aliphatic heterocycles. The number of carbonyl (C=O) groups is 1. The Hall–Kier alpha value is -1.57. The third kappa shape index (κ3) is 1.45. The van der Waals surface area contributed by atoms with Crippen LogP contribution in [0, 0.1) is 11.8 Å². The van der Waals surface area contributed by atoms with Crippen LogP contribution in [0.4, 0.5) is 15.1 Å². The lowest BCUT2D eigenvalue weighted by molar-refractivity contribution is 0.192. The van der Waals surface area contributed by atoms with Crippen LogP contribution in [0.3, 0.4) is 0 Å². The second-order valence-electron chi connectivity index (χ2n) is 4.13. The number of fused-ring (bicyclic) bond motifs is 1. The molecule has 0 radical (unpaired) electrons. The average Bonchev–Trinajstić information content (AvgIpc) is 2.68. The average molecular weight is 241 g/mol. The zero-order valence-corrected chi connectivity index (χ0v) is 9.15. The van der Waals surface area contributed by atoms with E-state index in [-0.39, 0.29) is 6.04 Å². The van der Waals surface area contributed by atoms with Gasteiger partial charge in [0.2, 0.25) is 10.3 Å². The molecule has 1 unspecified atom stereocenters. The van der Waals surface area contributed by atoms with Crippen molar-refractivity contribution in [1.29, 1.82) is 0 Å². The van der Waals surface area contributed by atoms with Crippen molar-refractivity contribution < 1.29 is 9.90 Å². The molecule has 1 aromatic heterocycles. The molecule has 0 bridgehead atoms. The third-order valence-corrected chi connectivity index (χ3v) is 4.00. The van der Waals surface area contributed by atoms with Gasteiger partial charge in [0.15, 0.2) is 0 Å². The third-order valence-electron chi connectivity index (χ3n) is 3.18. The Morgan fingerprint density at radius 1 is 1.50 bits per heavy atom. The number of carboxylic acid groups (broad SMARTS) is 1. The highest BCUT2D eigenvalue weighted by molar-refractivity contribution is 7.18. The highest BCUT2D eigenvalue weighted by Crippen LogP contribution is 2.47. The summed E-state index contributed by atoms with van der Waals surface area (Å²) in [5.74, 6) is 0.836. The summed E-state index contributed by atoms with van der Waals surface area (Å²) in [6.45, 7) is 1.68. The van der Waals surface area contributed by atoms with Gasteiger partial charge in [-0.2, -0.15) is 0 Å². The van der Waals surface area contributed by atoms with E-state index in [0.717, 1.165) is 18.2 Å². The van der Waals surface area contributed by atoms with Gasteiger partial charge in [0, 0.05) is 31.0 Å². The Morgan fingerprint density at radius 2 is 2.19 bits per heavy atom. The molecule has 86 valence electrons. The van der Waals surface area contributed by atoms with E-state index in [0.29, 0.717) is 17.0 Å². The van der Waals surface area contributed by atoms with Gasteiger partial charge in [0.1, 0.15) is 0 Å². The predicted molar refractivity (Wildman–Crippen MR) is 58.5 cm³/mol. The molecule has 0 aromatic carbocycles. The van der Waals surface area contributed by atoms with Crippen molar-refractivity contribution in [3.63, 3.8) is 0 Å². The SMILES string of the molecule is Nc1nnc(N2C[C@@H]3C(NC(=O)O)[C@@H]3C2)s1. The van der Waals surface area contributed by atoms with E-state index in [2.05, 4.69) is 20.4 Å². The largest absolute Gasteiger partial charge is 0.465 e. The van der Waals surface area contributed by atoms with E-state index in [9.17, 15) is 4.79 Å². The van der Waals surface area contributed by atoms with Crippen LogP contribution in [-0.4, -0.2) is 40.5 Å².